The molecule has 14 heavy (non-hydrogen) atoms. The summed E-state index contributed by atoms with van der Waals surface area (Å²) in [4.78, 5) is 1.49. The van der Waals surface area contributed by atoms with Crippen LogP contribution in [-0.4, -0.2) is 28.2 Å². The van der Waals surface area contributed by atoms with Crippen molar-refractivity contribution in [3.63, 3.8) is 0 Å². The van der Waals surface area contributed by atoms with E-state index in [1.165, 1.54) is 35.0 Å². The molecule has 0 amide bonds. The van der Waals surface area contributed by atoms with Gasteiger partial charge in [-0.2, -0.15) is 0 Å². The van der Waals surface area contributed by atoms with E-state index in [-0.39, 0.29) is 0 Å². The van der Waals surface area contributed by atoms with Gasteiger partial charge in [-0.1, -0.05) is 0 Å². The van der Waals surface area contributed by atoms with Crippen molar-refractivity contribution in [2.75, 3.05) is 6.61 Å². The van der Waals surface area contributed by atoms with E-state index in [2.05, 4.69) is 24.4 Å². The van der Waals surface area contributed by atoms with Crippen LogP contribution in [0.5, 0.6) is 0 Å². The Balaban J connectivity index is 1.85. The van der Waals surface area contributed by atoms with Crippen LogP contribution in [0.15, 0.2) is 17.5 Å². The average molecular weight is 317 g/mol. The van der Waals surface area contributed by atoms with Crippen molar-refractivity contribution in [2.24, 2.45) is 0 Å². The van der Waals surface area contributed by atoms with Gasteiger partial charge in [0, 0.05) is 0 Å². The van der Waals surface area contributed by atoms with Crippen LogP contribution in [0.1, 0.15) is 31.1 Å². The maximum absolute atomic E-state index is 5.71. The fourth-order valence-corrected chi connectivity index (χ4v) is 4.57. The summed E-state index contributed by atoms with van der Waals surface area (Å²) in [5.74, 6) is 0. The predicted octanol–water partition coefficient (Wildman–Crippen LogP) is 3.53. The van der Waals surface area contributed by atoms with E-state index in [0.717, 1.165) is 6.61 Å². The number of unbranched alkanes of at least 4 members (excludes halogenated alkanes) is 1. The van der Waals surface area contributed by atoms with Gasteiger partial charge in [-0.25, -0.2) is 0 Å². The Kier molecular flexibility index (Phi) is 7.82. The summed E-state index contributed by atoms with van der Waals surface area (Å²) in [6.45, 7) is 3.24. The first-order valence-corrected chi connectivity index (χ1v) is 9.37. The Morgan fingerprint density at radius 2 is 2.36 bits per heavy atom. The zero-order valence-corrected chi connectivity index (χ0v) is 12.5. The molecule has 0 aliphatic heterocycles. The van der Waals surface area contributed by atoms with Crippen molar-refractivity contribution < 1.29 is 3.07 Å². The molecule has 0 fully saturated rings. The molecule has 0 saturated heterocycles. The summed E-state index contributed by atoms with van der Waals surface area (Å²) in [7, 11) is 0. The van der Waals surface area contributed by atoms with Crippen molar-refractivity contribution in [1.82, 2.24) is 0 Å². The molecule has 2 radical (unpaired) electrons. The fraction of sp³-hybridized carbons (Fsp3) is 0.636. The Bertz CT molecular complexity index is 211. The quantitative estimate of drug-likeness (QED) is 0.526. The number of rotatable bonds is 8. The molecule has 1 aromatic rings. The van der Waals surface area contributed by atoms with Gasteiger partial charge in [-0.3, -0.25) is 0 Å². The normalized spacial score (nSPS) is 10.6. The SMILES string of the molecule is CCC[CH2][Sn][O]CCCc1cccs1. The zero-order chi connectivity index (χ0) is 10.1. The standard InChI is InChI=1S/C7H9OS.C4H9.Sn/c8-5-1-3-7-4-2-6-9-7;1-3-4-2;/h2,4,6H,1,3,5H2;1,3-4H2,2H3;/q-1;;+1. The molecule has 0 aliphatic rings. The summed E-state index contributed by atoms with van der Waals surface area (Å²) in [6.07, 6.45) is 5.09. The van der Waals surface area contributed by atoms with Crippen molar-refractivity contribution in [3.05, 3.63) is 22.4 Å². The first kappa shape index (κ1) is 12.5. The second-order valence-corrected chi connectivity index (χ2v) is 7.39. The Morgan fingerprint density at radius 3 is 3.07 bits per heavy atom. The molecule has 0 bridgehead atoms. The van der Waals surface area contributed by atoms with Gasteiger partial charge >= 0.3 is 102 Å². The van der Waals surface area contributed by atoms with Gasteiger partial charge in [-0.05, 0) is 0 Å². The van der Waals surface area contributed by atoms with Gasteiger partial charge in [0.05, 0.1) is 0 Å². The first-order chi connectivity index (χ1) is 6.93. The predicted molar refractivity (Wildman–Crippen MR) is 64.1 cm³/mol. The zero-order valence-electron chi connectivity index (χ0n) is 8.79. The minimum atomic E-state index is -0.436. The van der Waals surface area contributed by atoms with E-state index in [1.807, 2.05) is 11.3 Å². The Morgan fingerprint density at radius 1 is 1.43 bits per heavy atom. The van der Waals surface area contributed by atoms with Crippen LogP contribution in [0.25, 0.3) is 0 Å². The van der Waals surface area contributed by atoms with E-state index < -0.39 is 21.6 Å². The van der Waals surface area contributed by atoms with E-state index in [4.69, 9.17) is 3.07 Å². The maximum atomic E-state index is 5.71. The van der Waals surface area contributed by atoms with Crippen molar-refractivity contribution in [1.29, 1.82) is 0 Å². The molecule has 0 unspecified atom stereocenters. The van der Waals surface area contributed by atoms with Crippen molar-refractivity contribution in [3.8, 4) is 0 Å². The summed E-state index contributed by atoms with van der Waals surface area (Å²) in [6, 6.07) is 4.33. The summed E-state index contributed by atoms with van der Waals surface area (Å²) < 4.78 is 7.10. The number of hydrogen-bond acceptors (Lipinski definition) is 2. The molecule has 0 N–H and O–H groups in total. The molecule has 1 heterocycles. The molecule has 0 aliphatic carbocycles. The molecule has 3 heteroatoms. The Hall–Kier alpha value is 0.459. The summed E-state index contributed by atoms with van der Waals surface area (Å²) in [5.41, 5.74) is 0. The molecule has 1 rings (SSSR count). The molecule has 1 nitrogen and oxygen atoms in total. The number of hydrogen-bond donors (Lipinski definition) is 0. The van der Waals surface area contributed by atoms with E-state index >= 15 is 0 Å². The minimum absolute atomic E-state index is 0.436. The molecule has 0 aromatic carbocycles. The van der Waals surface area contributed by atoms with Crippen molar-refractivity contribution >= 4 is 32.9 Å². The molecule has 0 atom stereocenters. The molecular formula is C11H18OSSn. The monoisotopic (exact) mass is 318 g/mol. The van der Waals surface area contributed by atoms with Gasteiger partial charge in [0.2, 0.25) is 0 Å². The van der Waals surface area contributed by atoms with Crippen LogP contribution in [0.3, 0.4) is 0 Å². The van der Waals surface area contributed by atoms with Crippen LogP contribution >= 0.6 is 11.3 Å². The third kappa shape index (κ3) is 6.04. The number of aryl methyl sites for hydroxylation is 1. The van der Waals surface area contributed by atoms with Gasteiger partial charge in [0.25, 0.3) is 0 Å². The summed E-state index contributed by atoms with van der Waals surface area (Å²) in [5, 5.41) is 2.15. The average Bonchev–Trinajstić information content (AvgIpc) is 2.69. The van der Waals surface area contributed by atoms with Crippen LogP contribution in [0.2, 0.25) is 4.44 Å². The topological polar surface area (TPSA) is 9.23 Å². The number of thiophene rings is 1. The van der Waals surface area contributed by atoms with Crippen LogP contribution in [0, 0.1) is 0 Å². The Labute approximate surface area is 102 Å². The second kappa shape index (κ2) is 8.74. The van der Waals surface area contributed by atoms with E-state index in [9.17, 15) is 0 Å². The van der Waals surface area contributed by atoms with Crippen LogP contribution < -0.4 is 0 Å². The van der Waals surface area contributed by atoms with Gasteiger partial charge in [0.15, 0.2) is 0 Å². The fourth-order valence-electron chi connectivity index (χ4n) is 1.17. The van der Waals surface area contributed by atoms with Gasteiger partial charge in [-0.15, -0.1) is 0 Å². The van der Waals surface area contributed by atoms with E-state index in [0.29, 0.717) is 0 Å². The van der Waals surface area contributed by atoms with Crippen molar-refractivity contribution in [2.45, 2.75) is 37.0 Å². The van der Waals surface area contributed by atoms with Gasteiger partial charge in [0.1, 0.15) is 0 Å². The molecule has 0 spiro atoms. The first-order valence-electron chi connectivity index (χ1n) is 5.30. The van der Waals surface area contributed by atoms with Gasteiger partial charge < -0.3 is 0 Å². The molecular weight excluding hydrogens is 299 g/mol. The van der Waals surface area contributed by atoms with E-state index in [1.54, 1.807) is 0 Å². The third-order valence-electron chi connectivity index (χ3n) is 1.98. The third-order valence-corrected chi connectivity index (χ3v) is 5.68. The second-order valence-electron chi connectivity index (χ2n) is 3.28. The molecule has 0 saturated carbocycles. The van der Waals surface area contributed by atoms with Crippen LogP contribution in [-0.2, 0) is 9.49 Å². The summed E-state index contributed by atoms with van der Waals surface area (Å²) >= 11 is 1.42. The molecule has 78 valence electrons. The van der Waals surface area contributed by atoms with Crippen LogP contribution in [0.4, 0.5) is 0 Å². The molecule has 1 aromatic heterocycles.